The van der Waals surface area contributed by atoms with Gasteiger partial charge in [-0.3, -0.25) is 9.89 Å². The van der Waals surface area contributed by atoms with Crippen LogP contribution in [0.25, 0.3) is 0 Å². The Morgan fingerprint density at radius 3 is 3.17 bits per heavy atom. The molecule has 64 valence electrons. The van der Waals surface area contributed by atoms with Crippen molar-refractivity contribution in [2.75, 3.05) is 0 Å². The van der Waals surface area contributed by atoms with Gasteiger partial charge in [-0.25, -0.2) is 4.98 Å². The SMILES string of the molecule is C=CC(=O)NC(C)c1ncn[nH]1. The van der Waals surface area contributed by atoms with Crippen molar-refractivity contribution in [2.45, 2.75) is 13.0 Å². The number of hydrogen-bond donors (Lipinski definition) is 2. The third-order valence-corrected chi connectivity index (χ3v) is 1.39. The second-order valence-electron chi connectivity index (χ2n) is 2.31. The van der Waals surface area contributed by atoms with Crippen molar-refractivity contribution in [1.82, 2.24) is 20.5 Å². The summed E-state index contributed by atoms with van der Waals surface area (Å²) in [5.74, 6) is 0.407. The fourth-order valence-corrected chi connectivity index (χ4v) is 0.764. The van der Waals surface area contributed by atoms with Crippen LogP contribution < -0.4 is 5.32 Å². The molecule has 0 aromatic carbocycles. The molecule has 1 rings (SSSR count). The molecule has 5 nitrogen and oxygen atoms in total. The Morgan fingerprint density at radius 2 is 2.67 bits per heavy atom. The van der Waals surface area contributed by atoms with Gasteiger partial charge in [0.15, 0.2) is 0 Å². The van der Waals surface area contributed by atoms with Gasteiger partial charge in [0, 0.05) is 0 Å². The molecule has 1 unspecified atom stereocenters. The van der Waals surface area contributed by atoms with Crippen LogP contribution in [0.4, 0.5) is 0 Å². The molecule has 2 N–H and O–H groups in total. The summed E-state index contributed by atoms with van der Waals surface area (Å²) in [7, 11) is 0. The van der Waals surface area contributed by atoms with Gasteiger partial charge in [-0.05, 0) is 13.0 Å². The summed E-state index contributed by atoms with van der Waals surface area (Å²) in [6.07, 6.45) is 2.61. The lowest BCUT2D eigenvalue weighted by molar-refractivity contribution is -0.117. The Bertz CT molecular complexity index is 267. The average molecular weight is 166 g/mol. The molecule has 1 aromatic heterocycles. The molecule has 12 heavy (non-hydrogen) atoms. The topological polar surface area (TPSA) is 70.7 Å². The van der Waals surface area contributed by atoms with E-state index in [9.17, 15) is 4.79 Å². The van der Waals surface area contributed by atoms with Crippen molar-refractivity contribution in [3.05, 3.63) is 24.8 Å². The van der Waals surface area contributed by atoms with Crippen molar-refractivity contribution >= 4 is 5.91 Å². The molecule has 0 saturated carbocycles. The molecule has 1 aromatic rings. The molecule has 0 fully saturated rings. The molecule has 0 aliphatic carbocycles. The zero-order valence-electron chi connectivity index (χ0n) is 6.74. The number of carbonyl (C=O) groups excluding carboxylic acids is 1. The molecule has 1 atom stereocenters. The summed E-state index contributed by atoms with van der Waals surface area (Å²) in [4.78, 5) is 14.7. The number of nitrogens with one attached hydrogen (secondary N) is 2. The van der Waals surface area contributed by atoms with E-state index >= 15 is 0 Å². The van der Waals surface area contributed by atoms with Gasteiger partial charge in [0.1, 0.15) is 12.2 Å². The summed E-state index contributed by atoms with van der Waals surface area (Å²) in [5, 5.41) is 8.96. The maximum Gasteiger partial charge on any atom is 0.243 e. The second-order valence-corrected chi connectivity index (χ2v) is 2.31. The van der Waals surface area contributed by atoms with E-state index in [0.717, 1.165) is 0 Å². The van der Waals surface area contributed by atoms with Crippen molar-refractivity contribution < 1.29 is 4.79 Å². The number of amides is 1. The van der Waals surface area contributed by atoms with Gasteiger partial charge in [-0.15, -0.1) is 0 Å². The fourth-order valence-electron chi connectivity index (χ4n) is 0.764. The Morgan fingerprint density at radius 1 is 1.92 bits per heavy atom. The Balaban J connectivity index is 2.55. The van der Waals surface area contributed by atoms with Crippen molar-refractivity contribution in [1.29, 1.82) is 0 Å². The summed E-state index contributed by atoms with van der Waals surface area (Å²) in [6.45, 7) is 5.14. The monoisotopic (exact) mass is 166 g/mol. The van der Waals surface area contributed by atoms with Crippen LogP contribution in [0.2, 0.25) is 0 Å². The van der Waals surface area contributed by atoms with E-state index in [4.69, 9.17) is 0 Å². The third-order valence-electron chi connectivity index (χ3n) is 1.39. The summed E-state index contributed by atoms with van der Waals surface area (Å²) < 4.78 is 0. The first kappa shape index (κ1) is 8.45. The van der Waals surface area contributed by atoms with E-state index in [2.05, 4.69) is 27.1 Å². The van der Waals surface area contributed by atoms with Crippen molar-refractivity contribution in [2.24, 2.45) is 0 Å². The lowest BCUT2D eigenvalue weighted by Crippen LogP contribution is -2.25. The summed E-state index contributed by atoms with van der Waals surface area (Å²) in [5.41, 5.74) is 0. The van der Waals surface area contributed by atoms with E-state index in [1.54, 1.807) is 0 Å². The minimum Gasteiger partial charge on any atom is -0.343 e. The first-order chi connectivity index (χ1) is 5.74. The van der Waals surface area contributed by atoms with Crippen LogP contribution in [-0.2, 0) is 4.79 Å². The predicted octanol–water partition coefficient (Wildman–Crippen LogP) is 0.168. The Kier molecular flexibility index (Phi) is 2.57. The smallest absolute Gasteiger partial charge is 0.243 e. The molecule has 0 aliphatic heterocycles. The molecule has 0 aliphatic rings. The van der Waals surface area contributed by atoms with Gasteiger partial charge in [0.05, 0.1) is 6.04 Å². The zero-order chi connectivity index (χ0) is 8.97. The number of H-pyrrole nitrogens is 1. The number of hydrogen-bond acceptors (Lipinski definition) is 3. The highest BCUT2D eigenvalue weighted by atomic mass is 16.1. The van der Waals surface area contributed by atoms with E-state index in [1.165, 1.54) is 12.4 Å². The minimum atomic E-state index is -0.223. The zero-order valence-corrected chi connectivity index (χ0v) is 6.74. The van der Waals surface area contributed by atoms with Crippen LogP contribution in [0, 0.1) is 0 Å². The van der Waals surface area contributed by atoms with Crippen LogP contribution in [-0.4, -0.2) is 21.1 Å². The van der Waals surface area contributed by atoms with Crippen LogP contribution >= 0.6 is 0 Å². The molecular weight excluding hydrogens is 156 g/mol. The average Bonchev–Trinajstić information content (AvgIpc) is 2.56. The molecule has 0 radical (unpaired) electrons. The van der Waals surface area contributed by atoms with Crippen LogP contribution in [0.3, 0.4) is 0 Å². The second kappa shape index (κ2) is 3.66. The minimum absolute atomic E-state index is 0.169. The maximum absolute atomic E-state index is 10.8. The number of nitrogens with zero attached hydrogens (tertiary/aromatic N) is 2. The van der Waals surface area contributed by atoms with Crippen LogP contribution in [0.1, 0.15) is 18.8 Å². The normalized spacial score (nSPS) is 12.1. The Hall–Kier alpha value is -1.65. The first-order valence-electron chi connectivity index (χ1n) is 3.52. The summed E-state index contributed by atoms with van der Waals surface area (Å²) >= 11 is 0. The number of rotatable bonds is 3. The quantitative estimate of drug-likeness (QED) is 0.629. The lowest BCUT2D eigenvalue weighted by atomic mass is 10.3. The van der Waals surface area contributed by atoms with Gasteiger partial charge in [0.25, 0.3) is 0 Å². The molecular formula is C7H10N4O. The van der Waals surface area contributed by atoms with Gasteiger partial charge in [-0.2, -0.15) is 5.10 Å². The number of aromatic amines is 1. The highest BCUT2D eigenvalue weighted by Crippen LogP contribution is 2.02. The highest BCUT2D eigenvalue weighted by molar-refractivity contribution is 5.87. The number of carbonyl (C=O) groups is 1. The van der Waals surface area contributed by atoms with Gasteiger partial charge < -0.3 is 5.32 Å². The largest absolute Gasteiger partial charge is 0.343 e. The lowest BCUT2D eigenvalue weighted by Gasteiger charge is -2.07. The van der Waals surface area contributed by atoms with Gasteiger partial charge in [0.2, 0.25) is 5.91 Å². The maximum atomic E-state index is 10.8. The van der Waals surface area contributed by atoms with Crippen LogP contribution in [0.15, 0.2) is 19.0 Å². The standard InChI is InChI=1S/C7H10N4O/c1-3-6(12)10-5(2)7-8-4-9-11-7/h3-5H,1H2,2H3,(H,10,12)(H,8,9,11). The van der Waals surface area contributed by atoms with Crippen molar-refractivity contribution in [3.8, 4) is 0 Å². The fraction of sp³-hybridized carbons (Fsp3) is 0.286. The van der Waals surface area contributed by atoms with Crippen LogP contribution in [0.5, 0.6) is 0 Å². The highest BCUT2D eigenvalue weighted by Gasteiger charge is 2.08. The number of aromatic nitrogens is 3. The molecule has 1 heterocycles. The molecule has 0 spiro atoms. The van der Waals surface area contributed by atoms with Crippen molar-refractivity contribution in [3.63, 3.8) is 0 Å². The Labute approximate surface area is 69.9 Å². The van der Waals surface area contributed by atoms with E-state index in [-0.39, 0.29) is 11.9 Å². The summed E-state index contributed by atoms with van der Waals surface area (Å²) in [6, 6.07) is -0.169. The van der Waals surface area contributed by atoms with Gasteiger partial charge >= 0.3 is 0 Å². The third kappa shape index (κ3) is 1.91. The molecule has 1 amide bonds. The predicted molar refractivity (Wildman–Crippen MR) is 43.1 cm³/mol. The van der Waals surface area contributed by atoms with E-state index < -0.39 is 0 Å². The molecule has 5 heteroatoms. The van der Waals surface area contributed by atoms with E-state index in [1.807, 2.05) is 6.92 Å². The molecule has 0 bridgehead atoms. The first-order valence-corrected chi connectivity index (χ1v) is 3.52. The molecule has 0 saturated heterocycles. The van der Waals surface area contributed by atoms with Gasteiger partial charge in [-0.1, -0.05) is 6.58 Å². The van der Waals surface area contributed by atoms with E-state index in [0.29, 0.717) is 5.82 Å².